The number of nitrogens with one attached hydrogen (secondary N) is 1. The van der Waals surface area contributed by atoms with E-state index in [4.69, 9.17) is 16.0 Å². The molecule has 3 heteroatoms. The zero-order valence-corrected chi connectivity index (χ0v) is 11.3. The second-order valence-electron chi connectivity index (χ2n) is 4.53. The summed E-state index contributed by atoms with van der Waals surface area (Å²) in [5, 5.41) is 5.19. The molecule has 1 N–H and O–H groups in total. The normalized spacial score (nSPS) is 12.5. The smallest absolute Gasteiger partial charge is 0.134 e. The molecule has 96 valence electrons. The molecule has 0 aliphatic heterocycles. The molecule has 1 heterocycles. The Kier molecular flexibility index (Phi) is 3.18. The zero-order chi connectivity index (χ0) is 13.2. The first kappa shape index (κ1) is 12.1. The number of furan rings is 1. The van der Waals surface area contributed by atoms with Gasteiger partial charge in [0.2, 0.25) is 0 Å². The summed E-state index contributed by atoms with van der Waals surface area (Å²) in [6, 6.07) is 17.8. The van der Waals surface area contributed by atoms with Crippen molar-refractivity contribution >= 4 is 28.3 Å². The van der Waals surface area contributed by atoms with Crippen LogP contribution in [0.5, 0.6) is 0 Å². The van der Waals surface area contributed by atoms with E-state index in [1.807, 2.05) is 48.5 Å². The van der Waals surface area contributed by atoms with Gasteiger partial charge in [0, 0.05) is 5.39 Å². The second-order valence-corrected chi connectivity index (χ2v) is 4.94. The van der Waals surface area contributed by atoms with Crippen LogP contribution in [0, 0.1) is 0 Å². The van der Waals surface area contributed by atoms with E-state index in [9.17, 15) is 0 Å². The number of hydrogen-bond acceptors (Lipinski definition) is 2. The fourth-order valence-corrected chi connectivity index (χ4v) is 2.29. The lowest BCUT2D eigenvalue weighted by atomic mass is 10.2. The minimum absolute atomic E-state index is 0.0623. The van der Waals surface area contributed by atoms with E-state index < -0.39 is 0 Å². The lowest BCUT2D eigenvalue weighted by Gasteiger charge is -2.13. The summed E-state index contributed by atoms with van der Waals surface area (Å²) in [4.78, 5) is 0. The van der Waals surface area contributed by atoms with Gasteiger partial charge in [-0.2, -0.15) is 0 Å². The van der Waals surface area contributed by atoms with Gasteiger partial charge in [0.05, 0.1) is 16.8 Å². The van der Waals surface area contributed by atoms with Gasteiger partial charge in [0.15, 0.2) is 0 Å². The number of rotatable bonds is 3. The van der Waals surface area contributed by atoms with Crippen molar-refractivity contribution in [3.8, 4) is 0 Å². The number of anilines is 1. The Morgan fingerprint density at radius 1 is 1.05 bits per heavy atom. The largest absolute Gasteiger partial charge is 0.459 e. The summed E-state index contributed by atoms with van der Waals surface area (Å²) in [5.41, 5.74) is 1.82. The molecule has 0 radical (unpaired) electrons. The van der Waals surface area contributed by atoms with Gasteiger partial charge in [-0.25, -0.2) is 0 Å². The van der Waals surface area contributed by atoms with E-state index in [2.05, 4.69) is 18.3 Å². The van der Waals surface area contributed by atoms with Crippen molar-refractivity contribution in [2.24, 2.45) is 0 Å². The van der Waals surface area contributed by atoms with Crippen molar-refractivity contribution in [3.63, 3.8) is 0 Å². The molecule has 0 fully saturated rings. The van der Waals surface area contributed by atoms with Gasteiger partial charge in [-0.15, -0.1) is 0 Å². The maximum atomic E-state index is 6.14. The van der Waals surface area contributed by atoms with E-state index in [1.165, 1.54) is 0 Å². The highest BCUT2D eigenvalue weighted by Crippen LogP contribution is 2.28. The molecule has 2 nitrogen and oxygen atoms in total. The van der Waals surface area contributed by atoms with Crippen LogP contribution in [-0.2, 0) is 0 Å². The highest BCUT2D eigenvalue weighted by molar-refractivity contribution is 6.33. The molecular formula is C16H14ClNO. The Balaban J connectivity index is 1.87. The molecule has 3 rings (SSSR count). The van der Waals surface area contributed by atoms with Crippen LogP contribution < -0.4 is 5.32 Å². The number of benzene rings is 2. The fourth-order valence-electron chi connectivity index (χ4n) is 2.10. The molecule has 0 spiro atoms. The summed E-state index contributed by atoms with van der Waals surface area (Å²) in [7, 11) is 0. The minimum atomic E-state index is 0.0623. The van der Waals surface area contributed by atoms with Crippen LogP contribution in [0.25, 0.3) is 11.0 Å². The molecule has 0 bridgehead atoms. The third kappa shape index (κ3) is 2.45. The van der Waals surface area contributed by atoms with Gasteiger partial charge < -0.3 is 9.73 Å². The predicted molar refractivity (Wildman–Crippen MR) is 79.7 cm³/mol. The monoisotopic (exact) mass is 271 g/mol. The molecule has 2 aromatic carbocycles. The van der Waals surface area contributed by atoms with Gasteiger partial charge in [0.25, 0.3) is 0 Å². The van der Waals surface area contributed by atoms with Crippen LogP contribution >= 0.6 is 11.6 Å². The molecule has 0 amide bonds. The topological polar surface area (TPSA) is 25.2 Å². The summed E-state index contributed by atoms with van der Waals surface area (Å²) >= 11 is 6.14. The first-order valence-corrected chi connectivity index (χ1v) is 6.61. The van der Waals surface area contributed by atoms with Crippen molar-refractivity contribution in [2.75, 3.05) is 5.32 Å². The molecule has 19 heavy (non-hydrogen) atoms. The van der Waals surface area contributed by atoms with Crippen LogP contribution in [0.4, 0.5) is 5.69 Å². The maximum absolute atomic E-state index is 6.14. The van der Waals surface area contributed by atoms with E-state index in [1.54, 1.807) is 0 Å². The summed E-state index contributed by atoms with van der Waals surface area (Å²) in [6.07, 6.45) is 0. The molecule has 0 saturated carbocycles. The summed E-state index contributed by atoms with van der Waals surface area (Å²) in [5.74, 6) is 0.904. The molecule has 0 saturated heterocycles. The third-order valence-electron chi connectivity index (χ3n) is 3.12. The summed E-state index contributed by atoms with van der Waals surface area (Å²) in [6.45, 7) is 2.06. The highest BCUT2D eigenvalue weighted by atomic mass is 35.5. The number of para-hydroxylation sites is 2. The quantitative estimate of drug-likeness (QED) is 0.703. The molecule has 0 aliphatic rings. The van der Waals surface area contributed by atoms with E-state index in [0.717, 1.165) is 22.4 Å². The molecule has 1 atom stereocenters. The zero-order valence-electron chi connectivity index (χ0n) is 10.6. The van der Waals surface area contributed by atoms with Crippen LogP contribution in [0.3, 0.4) is 0 Å². The lowest BCUT2D eigenvalue weighted by molar-refractivity contribution is 0.526. The van der Waals surface area contributed by atoms with Crippen molar-refractivity contribution in [1.82, 2.24) is 0 Å². The molecule has 3 aromatic rings. The van der Waals surface area contributed by atoms with Crippen molar-refractivity contribution < 1.29 is 4.42 Å². The van der Waals surface area contributed by atoms with Crippen molar-refractivity contribution in [3.05, 3.63) is 65.4 Å². The van der Waals surface area contributed by atoms with Gasteiger partial charge >= 0.3 is 0 Å². The van der Waals surface area contributed by atoms with Crippen LogP contribution in [-0.4, -0.2) is 0 Å². The Labute approximate surface area is 117 Å². The van der Waals surface area contributed by atoms with Crippen LogP contribution in [0.2, 0.25) is 5.02 Å². The maximum Gasteiger partial charge on any atom is 0.134 e. The Morgan fingerprint density at radius 3 is 2.58 bits per heavy atom. The second kappa shape index (κ2) is 4.98. The van der Waals surface area contributed by atoms with Crippen molar-refractivity contribution in [2.45, 2.75) is 13.0 Å². The fraction of sp³-hybridized carbons (Fsp3) is 0.125. The highest BCUT2D eigenvalue weighted by Gasteiger charge is 2.12. The van der Waals surface area contributed by atoms with Crippen molar-refractivity contribution in [1.29, 1.82) is 0 Å². The standard InChI is InChI=1S/C16H14ClNO/c1-11(18-14-8-4-3-7-13(14)17)16-10-12-6-2-5-9-15(12)19-16/h2-11,18H,1H3. The number of hydrogen-bond donors (Lipinski definition) is 1. The minimum Gasteiger partial charge on any atom is -0.459 e. The van der Waals surface area contributed by atoms with Gasteiger partial charge in [-0.1, -0.05) is 41.9 Å². The third-order valence-corrected chi connectivity index (χ3v) is 3.45. The Bertz CT molecular complexity index is 672. The van der Waals surface area contributed by atoms with Gasteiger partial charge in [-0.3, -0.25) is 0 Å². The SMILES string of the molecule is CC(Nc1ccccc1Cl)c1cc2ccccc2o1. The first-order chi connectivity index (χ1) is 9.24. The molecule has 1 unspecified atom stereocenters. The first-order valence-electron chi connectivity index (χ1n) is 6.23. The van der Waals surface area contributed by atoms with Crippen LogP contribution in [0.1, 0.15) is 18.7 Å². The van der Waals surface area contributed by atoms with E-state index in [-0.39, 0.29) is 6.04 Å². The average Bonchev–Trinajstić information content (AvgIpc) is 2.85. The number of fused-ring (bicyclic) bond motifs is 1. The van der Waals surface area contributed by atoms with Gasteiger partial charge in [0.1, 0.15) is 11.3 Å². The van der Waals surface area contributed by atoms with E-state index >= 15 is 0 Å². The Hall–Kier alpha value is -1.93. The summed E-state index contributed by atoms with van der Waals surface area (Å²) < 4.78 is 5.84. The number of halogens is 1. The van der Waals surface area contributed by atoms with Gasteiger partial charge in [-0.05, 0) is 31.2 Å². The van der Waals surface area contributed by atoms with Crippen LogP contribution in [0.15, 0.2) is 59.0 Å². The Morgan fingerprint density at radius 2 is 1.79 bits per heavy atom. The predicted octanol–water partition coefficient (Wildman–Crippen LogP) is 5.26. The lowest BCUT2D eigenvalue weighted by Crippen LogP contribution is -2.05. The molecular weight excluding hydrogens is 258 g/mol. The van der Waals surface area contributed by atoms with E-state index in [0.29, 0.717) is 5.02 Å². The molecule has 1 aromatic heterocycles. The molecule has 0 aliphatic carbocycles. The average molecular weight is 272 g/mol.